The van der Waals surface area contributed by atoms with Crippen molar-refractivity contribution in [2.45, 2.75) is 57.4 Å². The van der Waals surface area contributed by atoms with Crippen molar-refractivity contribution in [3.63, 3.8) is 0 Å². The van der Waals surface area contributed by atoms with Crippen molar-refractivity contribution in [2.75, 3.05) is 32.7 Å². The molecule has 1 atom stereocenters. The first kappa shape index (κ1) is 24.7. The molecule has 1 aliphatic carbocycles. The molecule has 182 valence electrons. The molecule has 0 bridgehead atoms. The number of amides is 2. The summed E-state index contributed by atoms with van der Waals surface area (Å²) in [6.45, 7) is 6.51. The van der Waals surface area contributed by atoms with Crippen LogP contribution in [0.15, 0.2) is 48.5 Å². The highest BCUT2D eigenvalue weighted by Crippen LogP contribution is 2.29. The maximum absolute atomic E-state index is 13.5. The molecular weight excluding hydrogens is 446 g/mol. The lowest BCUT2D eigenvalue weighted by molar-refractivity contribution is -0.133. The van der Waals surface area contributed by atoms with Gasteiger partial charge in [0.2, 0.25) is 11.8 Å². The number of likely N-dealkylation sites (N-methyl/N-ethyl adjacent to an activating group) is 1. The van der Waals surface area contributed by atoms with E-state index in [4.69, 9.17) is 11.6 Å². The van der Waals surface area contributed by atoms with Crippen LogP contribution in [0.1, 0.15) is 55.2 Å². The number of halogens is 1. The largest absolute Gasteiger partial charge is 0.355 e. The number of hydrogen-bond donors (Lipinski definition) is 1. The van der Waals surface area contributed by atoms with Crippen molar-refractivity contribution in [1.82, 2.24) is 15.1 Å². The molecule has 1 saturated heterocycles. The van der Waals surface area contributed by atoms with Gasteiger partial charge in [-0.2, -0.15) is 0 Å². The van der Waals surface area contributed by atoms with Gasteiger partial charge in [0.05, 0.1) is 0 Å². The molecular formula is C28H36ClN3O2. The minimum atomic E-state index is -0.172. The molecule has 2 aromatic carbocycles. The van der Waals surface area contributed by atoms with Crippen molar-refractivity contribution >= 4 is 23.4 Å². The van der Waals surface area contributed by atoms with Crippen molar-refractivity contribution in [3.8, 4) is 0 Å². The van der Waals surface area contributed by atoms with Crippen LogP contribution in [0.2, 0.25) is 5.02 Å². The molecule has 2 amide bonds. The van der Waals surface area contributed by atoms with Crippen LogP contribution in [-0.4, -0.2) is 60.4 Å². The Bertz CT molecular complexity index is 947. The fourth-order valence-electron chi connectivity index (χ4n) is 5.42. The maximum atomic E-state index is 13.5. The molecule has 0 spiro atoms. The van der Waals surface area contributed by atoms with Gasteiger partial charge in [-0.1, -0.05) is 48.0 Å². The van der Waals surface area contributed by atoms with Gasteiger partial charge in [0.1, 0.15) is 0 Å². The Morgan fingerprint density at radius 2 is 1.68 bits per heavy atom. The van der Waals surface area contributed by atoms with Crippen LogP contribution in [0, 0.1) is 0 Å². The lowest BCUT2D eigenvalue weighted by Gasteiger charge is -2.29. The smallest absolute Gasteiger partial charge is 0.223 e. The molecule has 4 rings (SSSR count). The van der Waals surface area contributed by atoms with Crippen LogP contribution >= 0.6 is 11.6 Å². The Labute approximate surface area is 208 Å². The van der Waals surface area contributed by atoms with E-state index in [-0.39, 0.29) is 23.8 Å². The predicted molar refractivity (Wildman–Crippen MR) is 137 cm³/mol. The van der Waals surface area contributed by atoms with E-state index < -0.39 is 0 Å². The standard InChI is InChI=1S/C28H36ClN3O2/c1-2-32(26-17-22-7-3-4-8-23(22)18-26)28(34)20-24(21-9-11-25(29)12-10-21)19-27(33)30-13-16-31-14-5-6-15-31/h3-4,7-12,24,26H,2,5-6,13-20H2,1H3,(H,30,33). The first-order chi connectivity index (χ1) is 16.5. The highest BCUT2D eigenvalue weighted by Gasteiger charge is 2.30. The molecule has 0 radical (unpaired) electrons. The number of benzene rings is 2. The summed E-state index contributed by atoms with van der Waals surface area (Å²) in [5.41, 5.74) is 3.66. The quantitative estimate of drug-likeness (QED) is 0.546. The van der Waals surface area contributed by atoms with Crippen LogP contribution in [-0.2, 0) is 22.4 Å². The van der Waals surface area contributed by atoms with E-state index >= 15 is 0 Å². The summed E-state index contributed by atoms with van der Waals surface area (Å²) in [7, 11) is 0. The van der Waals surface area contributed by atoms with Gasteiger partial charge in [-0.3, -0.25) is 9.59 Å². The van der Waals surface area contributed by atoms with E-state index in [2.05, 4.69) is 34.5 Å². The Balaban J connectivity index is 1.39. The van der Waals surface area contributed by atoms with Gasteiger partial charge in [0, 0.05) is 49.5 Å². The van der Waals surface area contributed by atoms with Gasteiger partial charge in [-0.25, -0.2) is 0 Å². The van der Waals surface area contributed by atoms with Crippen molar-refractivity contribution in [2.24, 2.45) is 0 Å². The third kappa shape index (κ3) is 6.39. The molecule has 2 aliphatic rings. The normalized spacial score (nSPS) is 16.9. The van der Waals surface area contributed by atoms with E-state index in [1.165, 1.54) is 24.0 Å². The minimum Gasteiger partial charge on any atom is -0.355 e. The molecule has 1 aliphatic heterocycles. The monoisotopic (exact) mass is 481 g/mol. The van der Waals surface area contributed by atoms with Crippen LogP contribution in [0.25, 0.3) is 0 Å². The first-order valence-electron chi connectivity index (χ1n) is 12.6. The number of rotatable bonds is 10. The third-order valence-electron chi connectivity index (χ3n) is 7.27. The lowest BCUT2D eigenvalue weighted by atomic mass is 9.91. The Morgan fingerprint density at radius 3 is 2.29 bits per heavy atom. The average molecular weight is 482 g/mol. The zero-order valence-corrected chi connectivity index (χ0v) is 20.9. The Kier molecular flexibility index (Phi) is 8.63. The summed E-state index contributed by atoms with van der Waals surface area (Å²) in [6.07, 6.45) is 4.91. The van der Waals surface area contributed by atoms with Crippen molar-refractivity contribution in [3.05, 3.63) is 70.2 Å². The zero-order chi connectivity index (χ0) is 23.9. The van der Waals surface area contributed by atoms with Gasteiger partial charge >= 0.3 is 0 Å². The number of carbonyl (C=O) groups excluding carboxylic acids is 2. The van der Waals surface area contributed by atoms with Gasteiger partial charge < -0.3 is 15.1 Å². The van der Waals surface area contributed by atoms with E-state index in [0.29, 0.717) is 31.0 Å². The summed E-state index contributed by atoms with van der Waals surface area (Å²) >= 11 is 6.10. The van der Waals surface area contributed by atoms with E-state index in [0.717, 1.165) is 38.0 Å². The van der Waals surface area contributed by atoms with Crippen molar-refractivity contribution < 1.29 is 9.59 Å². The van der Waals surface area contributed by atoms with Gasteiger partial charge in [0.15, 0.2) is 0 Å². The van der Waals surface area contributed by atoms with Crippen LogP contribution in [0.3, 0.4) is 0 Å². The van der Waals surface area contributed by atoms with Crippen molar-refractivity contribution in [1.29, 1.82) is 0 Å². The summed E-state index contributed by atoms with van der Waals surface area (Å²) in [5, 5.41) is 3.73. The molecule has 1 heterocycles. The molecule has 0 aromatic heterocycles. The molecule has 1 fully saturated rings. The number of fused-ring (bicyclic) bond motifs is 1. The third-order valence-corrected chi connectivity index (χ3v) is 7.53. The van der Waals surface area contributed by atoms with Crippen LogP contribution in [0.4, 0.5) is 0 Å². The lowest BCUT2D eigenvalue weighted by Crippen LogP contribution is -2.41. The fourth-order valence-corrected chi connectivity index (χ4v) is 5.55. The number of nitrogens with one attached hydrogen (secondary N) is 1. The summed E-state index contributed by atoms with van der Waals surface area (Å²) < 4.78 is 0. The highest BCUT2D eigenvalue weighted by molar-refractivity contribution is 6.30. The van der Waals surface area contributed by atoms with Crippen LogP contribution in [0.5, 0.6) is 0 Å². The Morgan fingerprint density at radius 1 is 1.03 bits per heavy atom. The van der Waals surface area contributed by atoms with E-state index in [9.17, 15) is 9.59 Å². The second-order valence-corrected chi connectivity index (χ2v) is 10.0. The Hall–Kier alpha value is -2.37. The first-order valence-corrected chi connectivity index (χ1v) is 13.0. The second-order valence-electron chi connectivity index (χ2n) is 9.57. The highest BCUT2D eigenvalue weighted by atomic mass is 35.5. The molecule has 1 unspecified atom stereocenters. The van der Waals surface area contributed by atoms with Crippen LogP contribution < -0.4 is 5.32 Å². The molecule has 0 saturated carbocycles. The van der Waals surface area contributed by atoms with Gasteiger partial charge in [-0.15, -0.1) is 0 Å². The number of nitrogens with zero attached hydrogens (tertiary/aromatic N) is 2. The number of carbonyl (C=O) groups is 2. The average Bonchev–Trinajstić information content (AvgIpc) is 3.49. The summed E-state index contributed by atoms with van der Waals surface area (Å²) in [4.78, 5) is 30.7. The predicted octanol–water partition coefficient (Wildman–Crippen LogP) is 4.43. The summed E-state index contributed by atoms with van der Waals surface area (Å²) in [6, 6.07) is 16.2. The molecule has 34 heavy (non-hydrogen) atoms. The van der Waals surface area contributed by atoms with E-state index in [1.807, 2.05) is 36.1 Å². The molecule has 5 nitrogen and oxygen atoms in total. The number of hydrogen-bond acceptors (Lipinski definition) is 3. The molecule has 1 N–H and O–H groups in total. The fraction of sp³-hybridized carbons (Fsp3) is 0.500. The van der Waals surface area contributed by atoms with Gasteiger partial charge in [0.25, 0.3) is 0 Å². The molecule has 2 aromatic rings. The SMILES string of the molecule is CCN(C(=O)CC(CC(=O)NCCN1CCCC1)c1ccc(Cl)cc1)C1Cc2ccccc2C1. The second kappa shape index (κ2) is 11.9. The molecule has 6 heteroatoms. The maximum Gasteiger partial charge on any atom is 0.223 e. The zero-order valence-electron chi connectivity index (χ0n) is 20.1. The summed E-state index contributed by atoms with van der Waals surface area (Å²) in [5.74, 6) is -0.0530. The van der Waals surface area contributed by atoms with E-state index in [1.54, 1.807) is 0 Å². The minimum absolute atomic E-state index is 0.00302. The van der Waals surface area contributed by atoms with Gasteiger partial charge in [-0.05, 0) is 74.5 Å². The number of likely N-dealkylation sites (tertiary alicyclic amines) is 1. The topological polar surface area (TPSA) is 52.7 Å².